The van der Waals surface area contributed by atoms with E-state index in [2.05, 4.69) is 35.6 Å². The molecular formula is C18H18N2O. The maximum atomic E-state index is 12.4. The molecule has 21 heavy (non-hydrogen) atoms. The SMILES string of the molecule is O=C1CC2(CNc3ccccc32)CN1Cc1ccccc1. The summed E-state index contributed by atoms with van der Waals surface area (Å²) in [6.45, 7) is 2.39. The van der Waals surface area contributed by atoms with Crippen LogP contribution in [0.15, 0.2) is 54.6 Å². The molecule has 0 saturated carbocycles. The Morgan fingerprint density at radius 1 is 1.05 bits per heavy atom. The number of rotatable bonds is 2. The van der Waals surface area contributed by atoms with Gasteiger partial charge in [-0.25, -0.2) is 0 Å². The third kappa shape index (κ3) is 2.00. The lowest BCUT2D eigenvalue weighted by atomic mass is 9.81. The van der Waals surface area contributed by atoms with Crippen molar-refractivity contribution >= 4 is 11.6 Å². The zero-order valence-electron chi connectivity index (χ0n) is 11.9. The summed E-state index contributed by atoms with van der Waals surface area (Å²) in [4.78, 5) is 14.4. The Morgan fingerprint density at radius 3 is 2.67 bits per heavy atom. The highest BCUT2D eigenvalue weighted by Gasteiger charge is 2.47. The quantitative estimate of drug-likeness (QED) is 0.916. The first-order valence-electron chi connectivity index (χ1n) is 7.42. The second-order valence-electron chi connectivity index (χ2n) is 6.09. The maximum Gasteiger partial charge on any atom is 0.223 e. The van der Waals surface area contributed by atoms with Gasteiger partial charge < -0.3 is 10.2 Å². The molecule has 4 rings (SSSR count). The minimum Gasteiger partial charge on any atom is -0.384 e. The molecule has 106 valence electrons. The monoisotopic (exact) mass is 278 g/mol. The summed E-state index contributed by atoms with van der Waals surface area (Å²) < 4.78 is 0. The highest BCUT2D eigenvalue weighted by Crippen LogP contribution is 2.43. The van der Waals surface area contributed by atoms with Crippen LogP contribution in [0.5, 0.6) is 0 Å². The van der Waals surface area contributed by atoms with Crippen LogP contribution in [-0.4, -0.2) is 23.9 Å². The van der Waals surface area contributed by atoms with Crippen LogP contribution in [0.2, 0.25) is 0 Å². The third-order valence-corrected chi connectivity index (χ3v) is 4.67. The number of benzene rings is 2. The van der Waals surface area contributed by atoms with Crippen LogP contribution in [0.1, 0.15) is 17.5 Å². The molecule has 0 bridgehead atoms. The van der Waals surface area contributed by atoms with Gasteiger partial charge in [0.1, 0.15) is 0 Å². The van der Waals surface area contributed by atoms with Gasteiger partial charge in [-0.15, -0.1) is 0 Å². The first-order valence-corrected chi connectivity index (χ1v) is 7.42. The average Bonchev–Trinajstić information content (AvgIpc) is 3.02. The smallest absolute Gasteiger partial charge is 0.223 e. The van der Waals surface area contributed by atoms with Crippen molar-refractivity contribution in [3.05, 3.63) is 65.7 Å². The number of hydrogen-bond donors (Lipinski definition) is 1. The minimum atomic E-state index is -0.0392. The Bertz CT molecular complexity index is 683. The zero-order valence-corrected chi connectivity index (χ0v) is 11.9. The zero-order chi connectivity index (χ0) is 14.3. The summed E-state index contributed by atoms with van der Waals surface area (Å²) in [5, 5.41) is 3.46. The van der Waals surface area contributed by atoms with Crippen molar-refractivity contribution in [2.45, 2.75) is 18.4 Å². The van der Waals surface area contributed by atoms with Crippen molar-refractivity contribution in [3.63, 3.8) is 0 Å². The fourth-order valence-corrected chi connectivity index (χ4v) is 3.62. The van der Waals surface area contributed by atoms with Gasteiger partial charge in [0.25, 0.3) is 0 Å². The number of amides is 1. The number of fused-ring (bicyclic) bond motifs is 2. The normalized spacial score (nSPS) is 23.4. The topological polar surface area (TPSA) is 32.3 Å². The molecule has 2 heterocycles. The predicted octanol–water partition coefficient (Wildman–Crippen LogP) is 2.78. The number of para-hydroxylation sites is 1. The van der Waals surface area contributed by atoms with Gasteiger partial charge in [0, 0.05) is 37.2 Å². The van der Waals surface area contributed by atoms with Gasteiger partial charge in [-0.2, -0.15) is 0 Å². The molecule has 3 nitrogen and oxygen atoms in total. The van der Waals surface area contributed by atoms with Crippen LogP contribution in [0.25, 0.3) is 0 Å². The van der Waals surface area contributed by atoms with Crippen molar-refractivity contribution in [1.29, 1.82) is 0 Å². The van der Waals surface area contributed by atoms with Gasteiger partial charge >= 0.3 is 0 Å². The molecule has 1 atom stereocenters. The van der Waals surface area contributed by atoms with Crippen LogP contribution in [0, 0.1) is 0 Å². The Balaban J connectivity index is 1.61. The minimum absolute atomic E-state index is 0.0392. The summed E-state index contributed by atoms with van der Waals surface area (Å²) in [7, 11) is 0. The molecule has 1 unspecified atom stereocenters. The van der Waals surface area contributed by atoms with Crippen LogP contribution >= 0.6 is 0 Å². The van der Waals surface area contributed by atoms with Gasteiger partial charge in [-0.05, 0) is 17.2 Å². The molecule has 2 aliphatic heterocycles. The van der Waals surface area contributed by atoms with Crippen LogP contribution in [0.4, 0.5) is 5.69 Å². The highest BCUT2D eigenvalue weighted by atomic mass is 16.2. The molecule has 0 aromatic heterocycles. The number of likely N-dealkylation sites (tertiary alicyclic amines) is 1. The summed E-state index contributed by atoms with van der Waals surface area (Å²) in [6.07, 6.45) is 0.615. The van der Waals surface area contributed by atoms with E-state index in [0.29, 0.717) is 13.0 Å². The first-order chi connectivity index (χ1) is 10.3. The fraction of sp³-hybridized carbons (Fsp3) is 0.278. The number of carbonyl (C=O) groups is 1. The van der Waals surface area contributed by atoms with E-state index in [9.17, 15) is 4.79 Å². The maximum absolute atomic E-state index is 12.4. The number of nitrogens with zero attached hydrogens (tertiary/aromatic N) is 1. The van der Waals surface area contributed by atoms with Crippen molar-refractivity contribution in [1.82, 2.24) is 4.90 Å². The molecule has 1 N–H and O–H groups in total. The molecule has 0 radical (unpaired) electrons. The van der Waals surface area contributed by atoms with E-state index in [1.165, 1.54) is 16.8 Å². The number of nitrogens with one attached hydrogen (secondary N) is 1. The van der Waals surface area contributed by atoms with Crippen molar-refractivity contribution in [2.24, 2.45) is 0 Å². The van der Waals surface area contributed by atoms with E-state index in [1.807, 2.05) is 29.2 Å². The number of hydrogen-bond acceptors (Lipinski definition) is 2. The standard InChI is InChI=1S/C18H18N2O/c21-17-10-18(12-19-16-9-5-4-8-15(16)18)13-20(17)11-14-6-2-1-3-7-14/h1-9,19H,10-13H2. The van der Waals surface area contributed by atoms with E-state index in [4.69, 9.17) is 0 Å². The number of anilines is 1. The molecule has 2 aromatic rings. The average molecular weight is 278 g/mol. The van der Waals surface area contributed by atoms with Crippen LogP contribution in [0.3, 0.4) is 0 Å². The Kier molecular flexibility index (Phi) is 2.74. The lowest BCUT2D eigenvalue weighted by Crippen LogP contribution is -2.32. The van der Waals surface area contributed by atoms with E-state index in [1.54, 1.807) is 0 Å². The van der Waals surface area contributed by atoms with E-state index in [-0.39, 0.29) is 11.3 Å². The third-order valence-electron chi connectivity index (χ3n) is 4.67. The van der Waals surface area contributed by atoms with Crippen molar-refractivity contribution in [3.8, 4) is 0 Å². The van der Waals surface area contributed by atoms with Gasteiger partial charge in [0.15, 0.2) is 0 Å². The van der Waals surface area contributed by atoms with Gasteiger partial charge in [-0.1, -0.05) is 48.5 Å². The van der Waals surface area contributed by atoms with E-state index in [0.717, 1.165) is 13.1 Å². The summed E-state index contributed by atoms with van der Waals surface area (Å²) >= 11 is 0. The first kappa shape index (κ1) is 12.5. The molecule has 1 saturated heterocycles. The lowest BCUT2D eigenvalue weighted by Gasteiger charge is -2.23. The van der Waals surface area contributed by atoms with Crippen molar-refractivity contribution < 1.29 is 4.79 Å². The molecular weight excluding hydrogens is 260 g/mol. The summed E-state index contributed by atoms with van der Waals surface area (Å²) in [6, 6.07) is 18.6. The molecule has 1 amide bonds. The Morgan fingerprint density at radius 2 is 1.81 bits per heavy atom. The van der Waals surface area contributed by atoms with Gasteiger partial charge in [0.2, 0.25) is 5.91 Å². The van der Waals surface area contributed by atoms with Gasteiger partial charge in [0.05, 0.1) is 0 Å². The fourth-order valence-electron chi connectivity index (χ4n) is 3.62. The Labute approximate surface area is 124 Å². The molecule has 1 spiro atoms. The summed E-state index contributed by atoms with van der Waals surface area (Å²) in [5.41, 5.74) is 3.64. The number of carbonyl (C=O) groups excluding carboxylic acids is 1. The van der Waals surface area contributed by atoms with E-state index >= 15 is 0 Å². The lowest BCUT2D eigenvalue weighted by molar-refractivity contribution is -0.128. The van der Waals surface area contributed by atoms with E-state index < -0.39 is 0 Å². The summed E-state index contributed by atoms with van der Waals surface area (Å²) in [5.74, 6) is 0.261. The van der Waals surface area contributed by atoms with Crippen LogP contribution in [-0.2, 0) is 16.8 Å². The second-order valence-corrected chi connectivity index (χ2v) is 6.09. The molecule has 0 aliphatic carbocycles. The molecule has 1 fully saturated rings. The van der Waals surface area contributed by atoms with Crippen molar-refractivity contribution in [2.75, 3.05) is 18.4 Å². The second kappa shape index (κ2) is 4.62. The van der Waals surface area contributed by atoms with Crippen LogP contribution < -0.4 is 5.32 Å². The Hall–Kier alpha value is -2.29. The van der Waals surface area contributed by atoms with Gasteiger partial charge in [-0.3, -0.25) is 4.79 Å². The largest absolute Gasteiger partial charge is 0.384 e. The molecule has 2 aliphatic rings. The predicted molar refractivity (Wildman–Crippen MR) is 83.1 cm³/mol. The molecule has 3 heteroatoms. The highest BCUT2D eigenvalue weighted by molar-refractivity contribution is 5.83. The molecule has 2 aromatic carbocycles.